The van der Waals surface area contributed by atoms with Gasteiger partial charge in [-0.1, -0.05) is 6.08 Å². The van der Waals surface area contributed by atoms with Crippen molar-refractivity contribution in [2.45, 2.75) is 37.6 Å². The molecule has 1 saturated heterocycles. The van der Waals surface area contributed by atoms with Gasteiger partial charge >= 0.3 is 5.97 Å². The van der Waals surface area contributed by atoms with Crippen LogP contribution in [0.3, 0.4) is 0 Å². The molecule has 1 unspecified atom stereocenters. The minimum absolute atomic E-state index is 0.0664. The maximum Gasteiger partial charge on any atom is 0.303 e. The van der Waals surface area contributed by atoms with Gasteiger partial charge in [0.25, 0.3) is 0 Å². The Morgan fingerprint density at radius 2 is 2.11 bits per heavy atom. The van der Waals surface area contributed by atoms with Crippen molar-refractivity contribution in [1.82, 2.24) is 0 Å². The van der Waals surface area contributed by atoms with E-state index < -0.39 is 36.7 Å². The topological polar surface area (TPSA) is 94.5 Å². The number of esters is 1. The van der Waals surface area contributed by atoms with Gasteiger partial charge in [-0.25, -0.2) is 0 Å². The molecule has 7 nitrogen and oxygen atoms in total. The Morgan fingerprint density at radius 1 is 1.42 bits per heavy atom. The third-order valence-corrected chi connectivity index (χ3v) is 2.70. The number of methoxy groups -OCH3 is 1. The zero-order chi connectivity index (χ0) is 14.4. The molecule has 0 aliphatic carbocycles. The molecule has 2 N–H and O–H groups in total. The van der Waals surface area contributed by atoms with Gasteiger partial charge in [-0.3, -0.25) is 4.79 Å². The Balaban J connectivity index is 2.67. The van der Waals surface area contributed by atoms with Gasteiger partial charge in [0.15, 0.2) is 12.4 Å². The van der Waals surface area contributed by atoms with Crippen molar-refractivity contribution in [1.29, 1.82) is 0 Å². The molecule has 0 saturated carbocycles. The molecular weight excluding hydrogens is 256 g/mol. The number of hydrogen-bond donors (Lipinski definition) is 2. The molecule has 0 aromatic carbocycles. The summed E-state index contributed by atoms with van der Waals surface area (Å²) in [5.41, 5.74) is 0. The molecule has 0 spiro atoms. The second-order valence-electron chi connectivity index (χ2n) is 4.16. The zero-order valence-electron chi connectivity index (χ0n) is 11.0. The molecule has 0 radical (unpaired) electrons. The molecule has 1 heterocycles. The molecule has 0 amide bonds. The fraction of sp³-hybridized carbons (Fsp3) is 0.750. The molecule has 0 bridgehead atoms. The number of aliphatic hydroxyl groups excluding tert-OH is 2. The Kier molecular flexibility index (Phi) is 6.40. The number of hydrogen-bond acceptors (Lipinski definition) is 7. The Bertz CT molecular complexity index is 304. The van der Waals surface area contributed by atoms with E-state index >= 15 is 0 Å². The van der Waals surface area contributed by atoms with Gasteiger partial charge in [-0.15, -0.1) is 6.58 Å². The summed E-state index contributed by atoms with van der Waals surface area (Å²) < 4.78 is 20.5. The first-order valence-electron chi connectivity index (χ1n) is 5.91. The van der Waals surface area contributed by atoms with Crippen LogP contribution in [0.4, 0.5) is 0 Å². The van der Waals surface area contributed by atoms with E-state index in [0.717, 1.165) is 0 Å². The van der Waals surface area contributed by atoms with Crippen LogP contribution >= 0.6 is 0 Å². The first kappa shape index (κ1) is 16.1. The molecule has 7 heteroatoms. The molecule has 5 atom stereocenters. The van der Waals surface area contributed by atoms with Crippen LogP contribution in [0.2, 0.25) is 0 Å². The second-order valence-corrected chi connectivity index (χ2v) is 4.16. The summed E-state index contributed by atoms with van der Waals surface area (Å²) in [6, 6.07) is 0. The molecule has 1 aliphatic rings. The molecule has 110 valence electrons. The summed E-state index contributed by atoms with van der Waals surface area (Å²) in [4.78, 5) is 11.0. The molecule has 1 fully saturated rings. The quantitative estimate of drug-likeness (QED) is 0.373. The van der Waals surface area contributed by atoms with Crippen molar-refractivity contribution < 1.29 is 34.0 Å². The minimum Gasteiger partial charge on any atom is -0.454 e. The largest absolute Gasteiger partial charge is 0.454 e. The van der Waals surface area contributed by atoms with Crippen LogP contribution in [0.1, 0.15) is 6.92 Å². The predicted molar refractivity (Wildman–Crippen MR) is 64.3 cm³/mol. The summed E-state index contributed by atoms with van der Waals surface area (Å²) in [5, 5.41) is 19.9. The highest BCUT2D eigenvalue weighted by Crippen LogP contribution is 2.24. The second kappa shape index (κ2) is 7.56. The first-order chi connectivity index (χ1) is 9.01. The summed E-state index contributed by atoms with van der Waals surface area (Å²) in [5.74, 6) is -0.594. The fourth-order valence-corrected chi connectivity index (χ4v) is 1.82. The van der Waals surface area contributed by atoms with E-state index in [4.69, 9.17) is 18.9 Å². The van der Waals surface area contributed by atoms with Crippen molar-refractivity contribution >= 4 is 5.97 Å². The van der Waals surface area contributed by atoms with Gasteiger partial charge in [-0.05, 0) is 0 Å². The van der Waals surface area contributed by atoms with Gasteiger partial charge in [-0.2, -0.15) is 0 Å². The van der Waals surface area contributed by atoms with Gasteiger partial charge in [0, 0.05) is 14.0 Å². The number of aliphatic hydroxyl groups is 2. The summed E-state index contributed by atoms with van der Waals surface area (Å²) in [6.07, 6.45) is -3.79. The molecule has 0 aromatic heterocycles. The van der Waals surface area contributed by atoms with Crippen molar-refractivity contribution in [3.8, 4) is 0 Å². The fourth-order valence-electron chi connectivity index (χ4n) is 1.82. The SMILES string of the molecule is C=CCOC[C@H]1OC(OC)[C@H](OC(C)=O)[C@@H](O)[C@@H]1O. The minimum atomic E-state index is -1.31. The van der Waals surface area contributed by atoms with Crippen LogP contribution in [0.15, 0.2) is 12.7 Å². The smallest absolute Gasteiger partial charge is 0.303 e. The third kappa shape index (κ3) is 4.26. The van der Waals surface area contributed by atoms with Crippen molar-refractivity contribution in [3.63, 3.8) is 0 Å². The Morgan fingerprint density at radius 3 is 2.63 bits per heavy atom. The van der Waals surface area contributed by atoms with Gasteiger partial charge in [0.1, 0.15) is 18.3 Å². The standard InChI is InChI=1S/C12H20O7/c1-4-5-17-6-8-9(14)10(15)11(18-7(2)13)12(16-3)19-8/h4,8-12,14-15H,1,5-6H2,2-3H3/t8-,9-,10+,11-,12?/m1/s1. The van der Waals surface area contributed by atoms with E-state index in [1.54, 1.807) is 6.08 Å². The highest BCUT2D eigenvalue weighted by atomic mass is 16.7. The van der Waals surface area contributed by atoms with E-state index in [1.165, 1.54) is 14.0 Å². The number of ether oxygens (including phenoxy) is 4. The predicted octanol–water partition coefficient (Wildman–Crippen LogP) is -0.786. The zero-order valence-corrected chi connectivity index (χ0v) is 11.0. The lowest BCUT2D eigenvalue weighted by atomic mass is 9.99. The van der Waals surface area contributed by atoms with Crippen LogP contribution in [0.25, 0.3) is 0 Å². The average molecular weight is 276 g/mol. The Hall–Kier alpha value is -0.990. The summed E-state index contributed by atoms with van der Waals surface area (Å²) in [7, 11) is 1.35. The van der Waals surface area contributed by atoms with E-state index in [9.17, 15) is 15.0 Å². The molecule has 19 heavy (non-hydrogen) atoms. The van der Waals surface area contributed by atoms with Crippen LogP contribution in [0, 0.1) is 0 Å². The maximum absolute atomic E-state index is 11.0. The highest BCUT2D eigenvalue weighted by molar-refractivity contribution is 5.66. The lowest BCUT2D eigenvalue weighted by molar-refractivity contribution is -0.299. The molecule has 0 aromatic rings. The van der Waals surface area contributed by atoms with Gasteiger partial charge in [0.05, 0.1) is 13.2 Å². The normalized spacial score (nSPS) is 34.8. The van der Waals surface area contributed by atoms with Crippen molar-refractivity contribution in [2.24, 2.45) is 0 Å². The monoisotopic (exact) mass is 276 g/mol. The Labute approximate surface area is 111 Å². The number of carbonyl (C=O) groups is 1. The van der Waals surface area contributed by atoms with Crippen molar-refractivity contribution in [2.75, 3.05) is 20.3 Å². The van der Waals surface area contributed by atoms with E-state index in [0.29, 0.717) is 6.61 Å². The van der Waals surface area contributed by atoms with E-state index in [1.807, 2.05) is 0 Å². The average Bonchev–Trinajstić information content (AvgIpc) is 2.37. The maximum atomic E-state index is 11.0. The summed E-state index contributed by atoms with van der Waals surface area (Å²) >= 11 is 0. The van der Waals surface area contributed by atoms with E-state index in [-0.39, 0.29) is 6.61 Å². The highest BCUT2D eigenvalue weighted by Gasteiger charge is 2.46. The van der Waals surface area contributed by atoms with Gasteiger partial charge in [0.2, 0.25) is 0 Å². The molecule has 1 rings (SSSR count). The number of carbonyl (C=O) groups excluding carboxylic acids is 1. The van der Waals surface area contributed by atoms with Crippen LogP contribution < -0.4 is 0 Å². The van der Waals surface area contributed by atoms with Crippen molar-refractivity contribution in [3.05, 3.63) is 12.7 Å². The van der Waals surface area contributed by atoms with E-state index in [2.05, 4.69) is 6.58 Å². The van der Waals surface area contributed by atoms with Gasteiger partial charge < -0.3 is 29.2 Å². The lowest BCUT2D eigenvalue weighted by Gasteiger charge is -2.41. The lowest BCUT2D eigenvalue weighted by Crippen LogP contribution is -2.60. The molecule has 1 aliphatic heterocycles. The van der Waals surface area contributed by atoms with Crippen LogP contribution in [-0.4, -0.2) is 67.2 Å². The third-order valence-electron chi connectivity index (χ3n) is 2.70. The number of rotatable bonds is 6. The first-order valence-corrected chi connectivity index (χ1v) is 5.91. The van der Waals surface area contributed by atoms with Crippen LogP contribution in [0.5, 0.6) is 0 Å². The van der Waals surface area contributed by atoms with Crippen LogP contribution in [-0.2, 0) is 23.7 Å². The molecular formula is C12H20O7. The summed E-state index contributed by atoms with van der Waals surface area (Å²) in [6.45, 7) is 5.06.